The molecular weight excluding hydrogens is 336 g/mol. The number of aromatic nitrogens is 2. The molecule has 4 rings (SSSR count). The van der Waals surface area contributed by atoms with E-state index in [1.807, 2.05) is 48.5 Å². The molecule has 0 unspecified atom stereocenters. The maximum absolute atomic E-state index is 5.63. The molecule has 0 saturated carbocycles. The van der Waals surface area contributed by atoms with E-state index in [1.54, 1.807) is 0 Å². The molecule has 4 heteroatoms. The Labute approximate surface area is 160 Å². The zero-order valence-corrected chi connectivity index (χ0v) is 17.0. The first-order valence-corrected chi connectivity index (χ1v) is 9.32. The minimum atomic E-state index is -0.0149. The van der Waals surface area contributed by atoms with Crippen molar-refractivity contribution in [1.29, 1.82) is 0 Å². The predicted molar refractivity (Wildman–Crippen MR) is 110 cm³/mol. The van der Waals surface area contributed by atoms with Crippen molar-refractivity contribution >= 4 is 22.2 Å². The predicted octanol–water partition coefficient (Wildman–Crippen LogP) is 6.54. The molecule has 0 fully saturated rings. The summed E-state index contributed by atoms with van der Waals surface area (Å²) in [6.45, 7) is 12.8. The van der Waals surface area contributed by atoms with E-state index in [0.29, 0.717) is 0 Å². The van der Waals surface area contributed by atoms with Crippen molar-refractivity contribution in [2.75, 3.05) is 0 Å². The Morgan fingerprint density at radius 3 is 1.70 bits per heavy atom. The molecule has 142 valence electrons. The molecule has 0 aliphatic heterocycles. The second-order valence-corrected chi connectivity index (χ2v) is 9.05. The lowest BCUT2D eigenvalue weighted by Crippen LogP contribution is -2.10. The van der Waals surface area contributed by atoms with Crippen molar-refractivity contribution in [2.45, 2.75) is 53.4 Å². The molecule has 2 aromatic heterocycles. The average Bonchev–Trinajstić information content (AvgIpc) is 3.16. The van der Waals surface area contributed by atoms with Gasteiger partial charge in [0, 0.05) is 11.8 Å². The van der Waals surface area contributed by atoms with Crippen LogP contribution in [0.25, 0.3) is 22.2 Å². The first-order valence-electron chi connectivity index (χ1n) is 9.32. The van der Waals surface area contributed by atoms with Gasteiger partial charge in [0.05, 0.1) is 0 Å². The molecule has 0 bridgehead atoms. The number of nitrogens with zero attached hydrogens (tertiary/aromatic N) is 2. The molecule has 0 amide bonds. The third-order valence-corrected chi connectivity index (χ3v) is 3.96. The van der Waals surface area contributed by atoms with Gasteiger partial charge in [-0.1, -0.05) is 65.8 Å². The minimum absolute atomic E-state index is 0.0149. The summed E-state index contributed by atoms with van der Waals surface area (Å²) in [6.07, 6.45) is 0.877. The van der Waals surface area contributed by atoms with E-state index >= 15 is 0 Å². The monoisotopic (exact) mass is 364 g/mol. The standard InChI is InChI=1S/C12H15NO.C11H13NO/c1-12(2,3)8-11-13-9-6-4-5-7-10(9)14-11;1-11(2,3)10-12-8-6-4-5-7-9(8)13-10/h4-7H,8H2,1-3H3;4-7H,1-3H3. The second kappa shape index (κ2) is 7.18. The third kappa shape index (κ3) is 4.97. The fourth-order valence-electron chi connectivity index (χ4n) is 2.64. The number of rotatable bonds is 1. The van der Waals surface area contributed by atoms with Gasteiger partial charge in [-0.25, -0.2) is 9.97 Å². The maximum Gasteiger partial charge on any atom is 0.200 e. The molecule has 27 heavy (non-hydrogen) atoms. The number of hydrogen-bond acceptors (Lipinski definition) is 4. The first-order chi connectivity index (χ1) is 12.6. The summed E-state index contributed by atoms with van der Waals surface area (Å²) in [6, 6.07) is 15.7. The van der Waals surface area contributed by atoms with Gasteiger partial charge in [-0.2, -0.15) is 0 Å². The molecule has 0 radical (unpaired) electrons. The zero-order valence-electron chi connectivity index (χ0n) is 17.0. The summed E-state index contributed by atoms with van der Waals surface area (Å²) in [5.74, 6) is 1.63. The lowest BCUT2D eigenvalue weighted by atomic mass is 9.92. The van der Waals surface area contributed by atoms with Crippen molar-refractivity contribution < 1.29 is 8.83 Å². The van der Waals surface area contributed by atoms with Crippen LogP contribution in [0.2, 0.25) is 0 Å². The SMILES string of the molecule is CC(C)(C)Cc1nc2ccccc2o1.CC(C)(C)c1nc2ccccc2o1. The van der Waals surface area contributed by atoms with Crippen LogP contribution in [0.1, 0.15) is 53.3 Å². The van der Waals surface area contributed by atoms with Crippen LogP contribution in [-0.2, 0) is 11.8 Å². The fourth-order valence-corrected chi connectivity index (χ4v) is 2.64. The van der Waals surface area contributed by atoms with Crippen LogP contribution in [-0.4, -0.2) is 9.97 Å². The van der Waals surface area contributed by atoms with Crippen molar-refractivity contribution in [3.63, 3.8) is 0 Å². The molecule has 0 aliphatic rings. The normalized spacial score (nSPS) is 12.2. The number of fused-ring (bicyclic) bond motifs is 2. The van der Waals surface area contributed by atoms with Crippen LogP contribution in [0.4, 0.5) is 0 Å². The summed E-state index contributed by atoms with van der Waals surface area (Å²) >= 11 is 0. The van der Waals surface area contributed by atoms with Crippen LogP contribution < -0.4 is 0 Å². The Kier molecular flexibility index (Phi) is 5.09. The Morgan fingerprint density at radius 1 is 0.704 bits per heavy atom. The smallest absolute Gasteiger partial charge is 0.200 e. The van der Waals surface area contributed by atoms with E-state index in [4.69, 9.17) is 8.83 Å². The highest BCUT2D eigenvalue weighted by molar-refractivity contribution is 5.72. The van der Waals surface area contributed by atoms with E-state index in [-0.39, 0.29) is 10.8 Å². The maximum atomic E-state index is 5.63. The van der Waals surface area contributed by atoms with Gasteiger partial charge in [0.1, 0.15) is 11.0 Å². The summed E-state index contributed by atoms with van der Waals surface area (Å²) in [4.78, 5) is 8.85. The number of para-hydroxylation sites is 4. The number of benzene rings is 2. The minimum Gasteiger partial charge on any atom is -0.441 e. The molecular formula is C23H28N2O2. The van der Waals surface area contributed by atoms with Crippen LogP contribution in [0.3, 0.4) is 0 Å². The quantitative estimate of drug-likeness (QED) is 0.385. The van der Waals surface area contributed by atoms with Crippen molar-refractivity contribution in [3.8, 4) is 0 Å². The summed E-state index contributed by atoms with van der Waals surface area (Å²) in [5.41, 5.74) is 3.85. The van der Waals surface area contributed by atoms with E-state index in [2.05, 4.69) is 51.5 Å². The van der Waals surface area contributed by atoms with Gasteiger partial charge >= 0.3 is 0 Å². The van der Waals surface area contributed by atoms with Crippen LogP contribution in [0, 0.1) is 5.41 Å². The Morgan fingerprint density at radius 2 is 1.22 bits per heavy atom. The Bertz CT molecular complexity index is 964. The number of hydrogen-bond donors (Lipinski definition) is 0. The molecule has 2 heterocycles. The molecule has 0 atom stereocenters. The van der Waals surface area contributed by atoms with Gasteiger partial charge < -0.3 is 8.83 Å². The lowest BCUT2D eigenvalue weighted by Gasteiger charge is -2.14. The Balaban J connectivity index is 0.000000156. The largest absolute Gasteiger partial charge is 0.441 e. The third-order valence-electron chi connectivity index (χ3n) is 3.96. The van der Waals surface area contributed by atoms with Gasteiger partial charge in [0.15, 0.2) is 17.1 Å². The van der Waals surface area contributed by atoms with E-state index in [1.165, 1.54) is 0 Å². The zero-order chi connectivity index (χ0) is 19.7. The molecule has 2 aromatic carbocycles. The molecule has 0 spiro atoms. The summed E-state index contributed by atoms with van der Waals surface area (Å²) < 4.78 is 11.3. The molecule has 4 nitrogen and oxygen atoms in total. The van der Waals surface area contributed by atoms with Crippen molar-refractivity contribution in [2.24, 2.45) is 5.41 Å². The van der Waals surface area contributed by atoms with Gasteiger partial charge in [-0.15, -0.1) is 0 Å². The van der Waals surface area contributed by atoms with Crippen LogP contribution >= 0.6 is 0 Å². The van der Waals surface area contributed by atoms with Crippen molar-refractivity contribution in [1.82, 2.24) is 9.97 Å². The molecule has 0 saturated heterocycles. The van der Waals surface area contributed by atoms with Gasteiger partial charge in [-0.3, -0.25) is 0 Å². The average molecular weight is 364 g/mol. The topological polar surface area (TPSA) is 52.1 Å². The summed E-state index contributed by atoms with van der Waals surface area (Å²) in [7, 11) is 0. The Hall–Kier alpha value is -2.62. The highest BCUT2D eigenvalue weighted by Gasteiger charge is 2.20. The second-order valence-electron chi connectivity index (χ2n) is 9.05. The first kappa shape index (κ1) is 19.2. The summed E-state index contributed by atoms with van der Waals surface area (Å²) in [5, 5.41) is 0. The van der Waals surface area contributed by atoms with E-state index in [0.717, 1.165) is 40.4 Å². The molecule has 0 aliphatic carbocycles. The van der Waals surface area contributed by atoms with Gasteiger partial charge in [0.2, 0.25) is 5.89 Å². The fraction of sp³-hybridized carbons (Fsp3) is 0.391. The molecule has 4 aromatic rings. The van der Waals surface area contributed by atoms with Crippen LogP contribution in [0.5, 0.6) is 0 Å². The van der Waals surface area contributed by atoms with Gasteiger partial charge in [-0.05, 0) is 29.7 Å². The van der Waals surface area contributed by atoms with E-state index in [9.17, 15) is 0 Å². The highest BCUT2D eigenvalue weighted by atomic mass is 16.4. The van der Waals surface area contributed by atoms with E-state index < -0.39 is 0 Å². The highest BCUT2D eigenvalue weighted by Crippen LogP contribution is 2.25. The van der Waals surface area contributed by atoms with Crippen LogP contribution in [0.15, 0.2) is 57.4 Å². The molecule has 0 N–H and O–H groups in total. The number of oxazole rings is 2. The van der Waals surface area contributed by atoms with Gasteiger partial charge in [0.25, 0.3) is 0 Å². The lowest BCUT2D eigenvalue weighted by molar-refractivity contribution is 0.362. The van der Waals surface area contributed by atoms with Crippen molar-refractivity contribution in [3.05, 3.63) is 60.3 Å².